The molecule has 0 aliphatic carbocycles. The van der Waals surface area contributed by atoms with Crippen molar-refractivity contribution < 1.29 is 19.7 Å². The van der Waals surface area contributed by atoms with Crippen LogP contribution in [0, 0.1) is 6.92 Å². The number of rotatable bonds is 8. The van der Waals surface area contributed by atoms with E-state index in [-0.39, 0.29) is 0 Å². The van der Waals surface area contributed by atoms with E-state index < -0.39 is 0 Å². The van der Waals surface area contributed by atoms with Crippen LogP contribution in [0.5, 0.6) is 5.75 Å². The summed E-state index contributed by atoms with van der Waals surface area (Å²) in [7, 11) is 0. The van der Waals surface area contributed by atoms with Gasteiger partial charge in [0.05, 0.1) is 26.4 Å². The van der Waals surface area contributed by atoms with Gasteiger partial charge in [-0.2, -0.15) is 0 Å². The highest BCUT2D eigenvalue weighted by Gasteiger charge is 2.13. The lowest BCUT2D eigenvalue weighted by Crippen LogP contribution is -3.16. The molecule has 4 nitrogen and oxygen atoms in total. The van der Waals surface area contributed by atoms with Crippen LogP contribution in [0.15, 0.2) is 24.3 Å². The molecule has 0 saturated carbocycles. The number of ether oxygens (including phenoxy) is 2. The Balaban J connectivity index is 1.46. The van der Waals surface area contributed by atoms with Crippen molar-refractivity contribution >= 4 is 0 Å². The Hall–Kier alpha value is -1.10. The third kappa shape index (κ3) is 5.49. The van der Waals surface area contributed by atoms with Crippen LogP contribution < -0.4 is 15.0 Å². The second-order valence-corrected chi connectivity index (χ2v) is 5.45. The largest absolute Gasteiger partial charge is 0.493 e. The lowest BCUT2D eigenvalue weighted by Gasteiger charge is -2.22. The van der Waals surface area contributed by atoms with Crippen LogP contribution in [-0.4, -0.2) is 52.5 Å². The van der Waals surface area contributed by atoms with Crippen molar-refractivity contribution in [3.8, 4) is 5.75 Å². The van der Waals surface area contributed by atoms with Crippen LogP contribution in [0.3, 0.4) is 0 Å². The molecule has 1 fully saturated rings. The molecular formula is C16H28N2O2+2. The number of morpholine rings is 1. The van der Waals surface area contributed by atoms with Crippen LogP contribution in [0.4, 0.5) is 0 Å². The highest BCUT2D eigenvalue weighted by atomic mass is 16.5. The van der Waals surface area contributed by atoms with Gasteiger partial charge in [-0.15, -0.1) is 0 Å². The second-order valence-electron chi connectivity index (χ2n) is 5.45. The third-order valence-electron chi connectivity index (χ3n) is 3.81. The summed E-state index contributed by atoms with van der Waals surface area (Å²) in [5, 5.41) is 2.41. The number of hydrogen-bond donors (Lipinski definition) is 2. The van der Waals surface area contributed by atoms with E-state index in [1.165, 1.54) is 31.7 Å². The monoisotopic (exact) mass is 280 g/mol. The predicted molar refractivity (Wildman–Crippen MR) is 79.3 cm³/mol. The lowest BCUT2D eigenvalue weighted by atomic mass is 10.2. The number of para-hydroxylation sites is 1. The average Bonchev–Trinajstić information content (AvgIpc) is 2.49. The third-order valence-corrected chi connectivity index (χ3v) is 3.81. The smallest absolute Gasteiger partial charge is 0.127 e. The maximum absolute atomic E-state index is 5.79. The highest BCUT2D eigenvalue weighted by Crippen LogP contribution is 2.15. The minimum absolute atomic E-state index is 0.811. The van der Waals surface area contributed by atoms with Gasteiger partial charge in [-0.1, -0.05) is 18.2 Å². The van der Waals surface area contributed by atoms with Gasteiger partial charge in [0.1, 0.15) is 31.9 Å². The van der Waals surface area contributed by atoms with Crippen molar-refractivity contribution in [1.82, 2.24) is 0 Å². The molecule has 4 heteroatoms. The summed E-state index contributed by atoms with van der Waals surface area (Å²) in [6, 6.07) is 8.21. The van der Waals surface area contributed by atoms with E-state index in [0.29, 0.717) is 0 Å². The molecule has 0 radical (unpaired) electrons. The van der Waals surface area contributed by atoms with Crippen molar-refractivity contribution in [3.05, 3.63) is 29.8 Å². The first-order valence-corrected chi connectivity index (χ1v) is 7.77. The maximum atomic E-state index is 5.79. The Morgan fingerprint density at radius 2 is 2.00 bits per heavy atom. The summed E-state index contributed by atoms with van der Waals surface area (Å²) >= 11 is 0. The van der Waals surface area contributed by atoms with Crippen LogP contribution in [0.1, 0.15) is 12.0 Å². The van der Waals surface area contributed by atoms with Crippen molar-refractivity contribution in [2.24, 2.45) is 0 Å². The summed E-state index contributed by atoms with van der Waals surface area (Å²) in [5.41, 5.74) is 1.22. The zero-order valence-electron chi connectivity index (χ0n) is 12.6. The van der Waals surface area contributed by atoms with Crippen LogP contribution >= 0.6 is 0 Å². The Kier molecular flexibility index (Phi) is 6.84. The minimum atomic E-state index is 0.811. The molecule has 0 aromatic heterocycles. The van der Waals surface area contributed by atoms with Gasteiger partial charge in [0.15, 0.2) is 0 Å². The van der Waals surface area contributed by atoms with E-state index in [1.807, 2.05) is 18.2 Å². The van der Waals surface area contributed by atoms with E-state index in [1.54, 1.807) is 4.90 Å². The summed E-state index contributed by atoms with van der Waals surface area (Å²) < 4.78 is 11.2. The van der Waals surface area contributed by atoms with Gasteiger partial charge >= 0.3 is 0 Å². The standard InChI is InChI=1S/C16H26N2O2/c1-15-5-2-3-6-16(15)20-12-4-7-17-8-9-18-10-13-19-14-11-18/h2-3,5-6,17H,4,7-14H2,1H3/p+2. The first-order valence-electron chi connectivity index (χ1n) is 7.77. The fourth-order valence-corrected chi connectivity index (χ4v) is 2.49. The van der Waals surface area contributed by atoms with Crippen molar-refractivity contribution in [2.75, 3.05) is 52.5 Å². The maximum Gasteiger partial charge on any atom is 0.127 e. The molecule has 1 aromatic carbocycles. The van der Waals surface area contributed by atoms with Crippen molar-refractivity contribution in [1.29, 1.82) is 0 Å². The van der Waals surface area contributed by atoms with Crippen LogP contribution in [0.2, 0.25) is 0 Å². The molecule has 1 saturated heterocycles. The predicted octanol–water partition coefficient (Wildman–Crippen LogP) is -0.758. The quantitative estimate of drug-likeness (QED) is 0.615. The molecule has 112 valence electrons. The molecule has 0 bridgehead atoms. The average molecular weight is 280 g/mol. The lowest BCUT2D eigenvalue weighted by molar-refractivity contribution is -0.919. The summed E-state index contributed by atoms with van der Waals surface area (Å²) in [6.07, 6.45) is 1.10. The molecule has 2 rings (SSSR count). The van der Waals surface area contributed by atoms with E-state index in [4.69, 9.17) is 9.47 Å². The molecule has 1 aromatic rings. The van der Waals surface area contributed by atoms with Gasteiger partial charge in [-0.3, -0.25) is 0 Å². The van der Waals surface area contributed by atoms with Crippen molar-refractivity contribution in [2.45, 2.75) is 13.3 Å². The summed E-state index contributed by atoms with van der Waals surface area (Å²) in [6.45, 7) is 10.7. The van der Waals surface area contributed by atoms with E-state index in [0.717, 1.165) is 38.5 Å². The molecule has 1 aliphatic heterocycles. The summed E-state index contributed by atoms with van der Waals surface area (Å²) in [4.78, 5) is 1.68. The van der Waals surface area contributed by atoms with Crippen molar-refractivity contribution in [3.63, 3.8) is 0 Å². The Morgan fingerprint density at radius 3 is 2.80 bits per heavy atom. The SMILES string of the molecule is Cc1ccccc1OCCC[NH2+]CC[NH+]1CCOCC1. The van der Waals surface area contributed by atoms with Crippen LogP contribution in [0.25, 0.3) is 0 Å². The van der Waals surface area contributed by atoms with Gasteiger partial charge < -0.3 is 19.7 Å². The normalized spacial score (nSPS) is 16.2. The fourth-order valence-electron chi connectivity index (χ4n) is 2.49. The van der Waals surface area contributed by atoms with Gasteiger partial charge in [-0.25, -0.2) is 0 Å². The Labute approximate surface area is 122 Å². The molecule has 0 spiro atoms. The molecule has 20 heavy (non-hydrogen) atoms. The summed E-state index contributed by atoms with van der Waals surface area (Å²) in [5.74, 6) is 1.02. The fraction of sp³-hybridized carbons (Fsp3) is 0.625. The molecular weight excluding hydrogens is 252 g/mol. The molecule has 1 aliphatic rings. The first kappa shape index (κ1) is 15.3. The zero-order chi connectivity index (χ0) is 14.0. The Morgan fingerprint density at radius 1 is 1.20 bits per heavy atom. The molecule has 1 heterocycles. The van der Waals surface area contributed by atoms with Gasteiger partial charge in [-0.05, 0) is 18.6 Å². The topological polar surface area (TPSA) is 39.5 Å². The highest BCUT2D eigenvalue weighted by molar-refractivity contribution is 5.31. The number of hydrogen-bond acceptors (Lipinski definition) is 2. The number of benzene rings is 1. The minimum Gasteiger partial charge on any atom is -0.493 e. The first-order chi connectivity index (χ1) is 9.86. The second kappa shape index (κ2) is 8.95. The zero-order valence-corrected chi connectivity index (χ0v) is 12.6. The number of aryl methyl sites for hydroxylation is 1. The Bertz CT molecular complexity index is 378. The van der Waals surface area contributed by atoms with E-state index >= 15 is 0 Å². The van der Waals surface area contributed by atoms with Gasteiger partial charge in [0.2, 0.25) is 0 Å². The van der Waals surface area contributed by atoms with E-state index in [9.17, 15) is 0 Å². The molecule has 0 unspecified atom stereocenters. The number of quaternary nitrogens is 2. The number of nitrogens with one attached hydrogen (secondary N) is 1. The number of nitrogens with two attached hydrogens (primary N) is 1. The van der Waals surface area contributed by atoms with Crippen LogP contribution in [-0.2, 0) is 4.74 Å². The van der Waals surface area contributed by atoms with E-state index in [2.05, 4.69) is 18.3 Å². The van der Waals surface area contributed by atoms with Gasteiger partial charge in [0, 0.05) is 6.42 Å². The molecule has 3 N–H and O–H groups in total. The van der Waals surface area contributed by atoms with Gasteiger partial charge in [0.25, 0.3) is 0 Å². The molecule has 0 atom stereocenters. The molecule has 0 amide bonds.